The zero-order chi connectivity index (χ0) is 7.40. The van der Waals surface area contributed by atoms with Crippen LogP contribution in [0.2, 0.25) is 0 Å². The molecule has 0 saturated heterocycles. The van der Waals surface area contributed by atoms with Crippen LogP contribution < -0.4 is 5.32 Å². The second-order valence-corrected chi connectivity index (χ2v) is 2.69. The molecule has 0 heterocycles. The quantitative estimate of drug-likeness (QED) is 0.533. The molecule has 1 aliphatic rings. The van der Waals surface area contributed by atoms with Crippen molar-refractivity contribution in [3.63, 3.8) is 0 Å². The van der Waals surface area contributed by atoms with E-state index in [1.807, 2.05) is 0 Å². The van der Waals surface area contributed by atoms with Gasteiger partial charge in [-0.15, -0.1) is 6.42 Å². The average molecular weight is 139 g/mol. The molecule has 10 heavy (non-hydrogen) atoms. The SMILES string of the molecule is C#CCNC1CCCC1O. The number of hydrogen-bond donors (Lipinski definition) is 2. The highest BCUT2D eigenvalue weighted by Crippen LogP contribution is 2.18. The normalized spacial score (nSPS) is 32.0. The first-order valence-electron chi connectivity index (χ1n) is 3.69. The van der Waals surface area contributed by atoms with E-state index in [2.05, 4.69) is 11.2 Å². The molecule has 0 aromatic heterocycles. The maximum Gasteiger partial charge on any atom is 0.0693 e. The lowest BCUT2D eigenvalue weighted by Crippen LogP contribution is -2.35. The molecule has 1 aliphatic carbocycles. The molecule has 2 N–H and O–H groups in total. The molecule has 2 unspecified atom stereocenters. The predicted molar refractivity (Wildman–Crippen MR) is 40.5 cm³/mol. The molecule has 56 valence electrons. The van der Waals surface area contributed by atoms with Crippen molar-refractivity contribution in [3.8, 4) is 12.3 Å². The number of aliphatic hydroxyl groups excluding tert-OH is 1. The second kappa shape index (κ2) is 3.60. The summed E-state index contributed by atoms with van der Waals surface area (Å²) in [6, 6.07) is 0.246. The van der Waals surface area contributed by atoms with Crippen LogP contribution in [0.15, 0.2) is 0 Å². The molecule has 0 aromatic carbocycles. The van der Waals surface area contributed by atoms with E-state index in [0.717, 1.165) is 19.3 Å². The first-order valence-corrected chi connectivity index (χ1v) is 3.69. The summed E-state index contributed by atoms with van der Waals surface area (Å²) in [6.45, 7) is 0.571. The highest BCUT2D eigenvalue weighted by atomic mass is 16.3. The Balaban J connectivity index is 2.21. The largest absolute Gasteiger partial charge is 0.392 e. The Morgan fingerprint density at radius 2 is 2.40 bits per heavy atom. The highest BCUT2D eigenvalue weighted by Gasteiger charge is 2.23. The first kappa shape index (κ1) is 7.59. The number of rotatable bonds is 2. The Kier molecular flexibility index (Phi) is 2.73. The van der Waals surface area contributed by atoms with Crippen LogP contribution in [0, 0.1) is 12.3 Å². The summed E-state index contributed by atoms with van der Waals surface area (Å²) in [5, 5.41) is 12.4. The lowest BCUT2D eigenvalue weighted by molar-refractivity contribution is 0.151. The van der Waals surface area contributed by atoms with Gasteiger partial charge in [-0.2, -0.15) is 0 Å². The van der Waals surface area contributed by atoms with Gasteiger partial charge in [0, 0.05) is 6.04 Å². The van der Waals surface area contributed by atoms with Gasteiger partial charge in [0.2, 0.25) is 0 Å². The van der Waals surface area contributed by atoms with Gasteiger partial charge in [0.1, 0.15) is 0 Å². The summed E-state index contributed by atoms with van der Waals surface area (Å²) < 4.78 is 0. The summed E-state index contributed by atoms with van der Waals surface area (Å²) in [6.07, 6.45) is 7.98. The molecular weight excluding hydrogens is 126 g/mol. The third kappa shape index (κ3) is 1.73. The molecule has 0 bridgehead atoms. The van der Waals surface area contributed by atoms with E-state index in [9.17, 15) is 5.11 Å². The molecule has 0 aromatic rings. The minimum atomic E-state index is -0.173. The maximum absolute atomic E-state index is 9.28. The van der Waals surface area contributed by atoms with Crippen molar-refractivity contribution in [2.45, 2.75) is 31.4 Å². The van der Waals surface area contributed by atoms with Crippen molar-refractivity contribution in [1.82, 2.24) is 5.32 Å². The van der Waals surface area contributed by atoms with E-state index in [4.69, 9.17) is 6.42 Å². The fourth-order valence-corrected chi connectivity index (χ4v) is 1.37. The van der Waals surface area contributed by atoms with Crippen molar-refractivity contribution in [2.75, 3.05) is 6.54 Å². The molecule has 1 rings (SSSR count). The third-order valence-electron chi connectivity index (χ3n) is 1.95. The van der Waals surface area contributed by atoms with E-state index < -0.39 is 0 Å². The van der Waals surface area contributed by atoms with Crippen molar-refractivity contribution in [3.05, 3.63) is 0 Å². The Morgan fingerprint density at radius 1 is 1.60 bits per heavy atom. The van der Waals surface area contributed by atoms with Gasteiger partial charge in [-0.3, -0.25) is 0 Å². The van der Waals surface area contributed by atoms with E-state index in [-0.39, 0.29) is 12.1 Å². The molecule has 1 saturated carbocycles. The molecule has 1 fully saturated rings. The highest BCUT2D eigenvalue weighted by molar-refractivity contribution is 4.91. The Bertz CT molecular complexity index is 139. The second-order valence-electron chi connectivity index (χ2n) is 2.69. The number of terminal acetylenes is 1. The van der Waals surface area contributed by atoms with Gasteiger partial charge in [-0.05, 0) is 19.3 Å². The van der Waals surface area contributed by atoms with Crippen LogP contribution in [-0.2, 0) is 0 Å². The monoisotopic (exact) mass is 139 g/mol. The molecule has 0 aliphatic heterocycles. The Labute approximate surface area is 61.6 Å². The molecule has 0 amide bonds. The summed E-state index contributed by atoms with van der Waals surface area (Å²) in [5.41, 5.74) is 0. The zero-order valence-electron chi connectivity index (χ0n) is 6.01. The molecule has 2 heteroatoms. The predicted octanol–water partition coefficient (Wildman–Crippen LogP) is 0.123. The first-order chi connectivity index (χ1) is 4.84. The standard InChI is InChI=1S/C8H13NO/c1-2-6-9-7-4-3-5-8(7)10/h1,7-10H,3-6H2. The van der Waals surface area contributed by atoms with Crippen LogP contribution in [0.25, 0.3) is 0 Å². The van der Waals surface area contributed by atoms with E-state index >= 15 is 0 Å². The minimum Gasteiger partial charge on any atom is -0.392 e. The van der Waals surface area contributed by atoms with Crippen LogP contribution in [-0.4, -0.2) is 23.8 Å². The molecule has 0 radical (unpaired) electrons. The topological polar surface area (TPSA) is 32.3 Å². The fourth-order valence-electron chi connectivity index (χ4n) is 1.37. The van der Waals surface area contributed by atoms with Crippen LogP contribution >= 0.6 is 0 Å². The lowest BCUT2D eigenvalue weighted by atomic mass is 10.2. The van der Waals surface area contributed by atoms with E-state index in [1.54, 1.807) is 0 Å². The van der Waals surface area contributed by atoms with Gasteiger partial charge < -0.3 is 10.4 Å². The van der Waals surface area contributed by atoms with E-state index in [0.29, 0.717) is 6.54 Å². The summed E-state index contributed by atoms with van der Waals surface area (Å²) in [5.74, 6) is 2.49. The van der Waals surface area contributed by atoms with Crippen LogP contribution in [0.5, 0.6) is 0 Å². The smallest absolute Gasteiger partial charge is 0.0693 e. The molecule has 0 spiro atoms. The van der Waals surface area contributed by atoms with Crippen molar-refractivity contribution in [2.24, 2.45) is 0 Å². The summed E-state index contributed by atoms with van der Waals surface area (Å²) in [4.78, 5) is 0. The van der Waals surface area contributed by atoms with E-state index in [1.165, 1.54) is 0 Å². The van der Waals surface area contributed by atoms with Crippen molar-refractivity contribution < 1.29 is 5.11 Å². The van der Waals surface area contributed by atoms with Crippen molar-refractivity contribution in [1.29, 1.82) is 0 Å². The minimum absolute atomic E-state index is 0.173. The number of nitrogens with one attached hydrogen (secondary N) is 1. The lowest BCUT2D eigenvalue weighted by Gasteiger charge is -2.13. The van der Waals surface area contributed by atoms with Gasteiger partial charge in [-0.1, -0.05) is 5.92 Å². The van der Waals surface area contributed by atoms with Gasteiger partial charge in [0.15, 0.2) is 0 Å². The maximum atomic E-state index is 9.28. The molecule has 2 atom stereocenters. The third-order valence-corrected chi connectivity index (χ3v) is 1.95. The van der Waals surface area contributed by atoms with Crippen LogP contribution in [0.3, 0.4) is 0 Å². The van der Waals surface area contributed by atoms with Crippen LogP contribution in [0.1, 0.15) is 19.3 Å². The summed E-state index contributed by atoms with van der Waals surface area (Å²) >= 11 is 0. The zero-order valence-corrected chi connectivity index (χ0v) is 6.01. The molecule has 2 nitrogen and oxygen atoms in total. The Morgan fingerprint density at radius 3 is 2.90 bits per heavy atom. The summed E-state index contributed by atoms with van der Waals surface area (Å²) in [7, 11) is 0. The van der Waals surface area contributed by atoms with Gasteiger partial charge >= 0.3 is 0 Å². The fraction of sp³-hybridized carbons (Fsp3) is 0.750. The van der Waals surface area contributed by atoms with Gasteiger partial charge in [0.05, 0.1) is 12.6 Å². The van der Waals surface area contributed by atoms with Crippen LogP contribution in [0.4, 0.5) is 0 Å². The average Bonchev–Trinajstić information content (AvgIpc) is 2.31. The number of aliphatic hydroxyl groups is 1. The van der Waals surface area contributed by atoms with Gasteiger partial charge in [-0.25, -0.2) is 0 Å². The van der Waals surface area contributed by atoms with Crippen molar-refractivity contribution >= 4 is 0 Å². The molecular formula is C8H13NO. The van der Waals surface area contributed by atoms with Gasteiger partial charge in [0.25, 0.3) is 0 Å². The number of hydrogen-bond acceptors (Lipinski definition) is 2. The Hall–Kier alpha value is -0.520.